The normalized spacial score (nSPS) is 12.1. The van der Waals surface area contributed by atoms with Crippen LogP contribution in [0.25, 0.3) is 0 Å². The Labute approximate surface area is 116 Å². The lowest BCUT2D eigenvalue weighted by molar-refractivity contribution is -0.276. The summed E-state index contributed by atoms with van der Waals surface area (Å²) in [6, 6.07) is 1.45. The van der Waals surface area contributed by atoms with Gasteiger partial charge in [0.15, 0.2) is 5.75 Å². The molecule has 0 aliphatic carbocycles. The smallest absolute Gasteiger partial charge is 0.403 e. The fraction of sp³-hybridized carbons (Fsp3) is 0.333. The first kappa shape index (κ1) is 15.8. The zero-order valence-electron chi connectivity index (χ0n) is 8.73. The fourth-order valence-electron chi connectivity index (χ4n) is 1.26. The van der Waals surface area contributed by atoms with Crippen molar-refractivity contribution in [1.29, 1.82) is 5.26 Å². The Morgan fingerprint density at radius 1 is 1.26 bits per heavy atom. The molecule has 0 spiro atoms. The number of nitriles is 1. The molecule has 1 rings (SSSR count). The molecule has 0 saturated heterocycles. The number of alkyl halides is 6. The Hall–Kier alpha value is -1.25. The van der Waals surface area contributed by atoms with Crippen LogP contribution in [0.4, 0.5) is 26.3 Å². The molecule has 0 fully saturated rings. The third-order valence-electron chi connectivity index (χ3n) is 1.86. The van der Waals surface area contributed by atoms with Crippen LogP contribution in [-0.4, -0.2) is 11.3 Å². The van der Waals surface area contributed by atoms with Gasteiger partial charge in [-0.2, -0.15) is 18.4 Å². The predicted molar refractivity (Wildman–Crippen MR) is 58.0 cm³/mol. The molecule has 0 aromatic carbocycles. The van der Waals surface area contributed by atoms with Crippen molar-refractivity contribution < 1.29 is 31.1 Å². The molecular formula is C9H3F6IN2O. The minimum atomic E-state index is -5.28. The van der Waals surface area contributed by atoms with Crippen LogP contribution in [0.15, 0.2) is 6.20 Å². The summed E-state index contributed by atoms with van der Waals surface area (Å²) < 4.78 is 77.6. The molecule has 0 atom stereocenters. The second kappa shape index (κ2) is 5.40. The number of hydrogen-bond acceptors (Lipinski definition) is 3. The van der Waals surface area contributed by atoms with Crippen LogP contribution < -0.4 is 4.74 Å². The molecule has 0 radical (unpaired) electrons. The summed E-state index contributed by atoms with van der Waals surface area (Å²) in [5.74, 6) is -1.47. The fourth-order valence-corrected chi connectivity index (χ4v) is 1.86. The van der Waals surface area contributed by atoms with E-state index in [2.05, 4.69) is 9.72 Å². The number of halogens is 7. The monoisotopic (exact) mass is 396 g/mol. The minimum absolute atomic E-state index is 0.207. The molecule has 0 aliphatic heterocycles. The SMILES string of the molecule is N#CCc1c(I)ncc(OC(F)(F)F)c1C(F)(F)F. The first-order valence-electron chi connectivity index (χ1n) is 4.43. The van der Waals surface area contributed by atoms with E-state index < -0.39 is 35.8 Å². The summed E-state index contributed by atoms with van der Waals surface area (Å²) in [5.41, 5.74) is -2.27. The summed E-state index contributed by atoms with van der Waals surface area (Å²) in [6.45, 7) is 0. The molecule has 0 N–H and O–H groups in total. The van der Waals surface area contributed by atoms with E-state index in [4.69, 9.17) is 5.26 Å². The highest BCUT2D eigenvalue weighted by molar-refractivity contribution is 14.1. The number of rotatable bonds is 2. The number of ether oxygens (including phenoxy) is 1. The van der Waals surface area contributed by atoms with Gasteiger partial charge in [-0.3, -0.25) is 0 Å². The van der Waals surface area contributed by atoms with Crippen molar-refractivity contribution in [2.75, 3.05) is 0 Å². The van der Waals surface area contributed by atoms with Crippen molar-refractivity contribution in [2.24, 2.45) is 0 Å². The standard InChI is InChI=1S/C9H3F6IN2O/c10-8(11,12)6-4(1-2-17)7(16)18-3-5(6)19-9(13,14)15/h3H,1H2. The average Bonchev–Trinajstić information content (AvgIpc) is 2.19. The molecule has 0 bridgehead atoms. The lowest BCUT2D eigenvalue weighted by Crippen LogP contribution is -2.22. The second-order valence-electron chi connectivity index (χ2n) is 3.15. The molecule has 0 saturated carbocycles. The van der Waals surface area contributed by atoms with Gasteiger partial charge in [-0.25, -0.2) is 4.98 Å². The van der Waals surface area contributed by atoms with E-state index >= 15 is 0 Å². The maximum Gasteiger partial charge on any atom is 0.573 e. The van der Waals surface area contributed by atoms with E-state index in [-0.39, 0.29) is 3.70 Å². The number of aromatic nitrogens is 1. The van der Waals surface area contributed by atoms with Crippen LogP contribution in [0.3, 0.4) is 0 Å². The average molecular weight is 396 g/mol. The van der Waals surface area contributed by atoms with Crippen molar-refractivity contribution in [3.05, 3.63) is 21.0 Å². The molecule has 0 amide bonds. The van der Waals surface area contributed by atoms with E-state index in [1.54, 1.807) is 0 Å². The largest absolute Gasteiger partial charge is 0.573 e. The lowest BCUT2D eigenvalue weighted by atomic mass is 10.1. The van der Waals surface area contributed by atoms with Gasteiger partial charge in [-0.15, -0.1) is 13.2 Å². The van der Waals surface area contributed by atoms with E-state index in [1.807, 2.05) is 0 Å². The number of nitrogens with zero attached hydrogens (tertiary/aromatic N) is 2. The van der Waals surface area contributed by atoms with Crippen molar-refractivity contribution in [1.82, 2.24) is 4.98 Å². The molecule has 19 heavy (non-hydrogen) atoms. The quantitative estimate of drug-likeness (QED) is 0.436. The Bertz CT molecular complexity index is 519. The zero-order chi connectivity index (χ0) is 14.8. The molecule has 10 heteroatoms. The van der Waals surface area contributed by atoms with Gasteiger partial charge in [0.05, 0.1) is 18.7 Å². The van der Waals surface area contributed by atoms with Crippen molar-refractivity contribution >= 4 is 22.6 Å². The predicted octanol–water partition coefficient (Wildman–Crippen LogP) is 3.67. The molecule has 3 nitrogen and oxygen atoms in total. The Balaban J connectivity index is 3.48. The van der Waals surface area contributed by atoms with Gasteiger partial charge < -0.3 is 4.74 Å². The van der Waals surface area contributed by atoms with Crippen LogP contribution in [0.5, 0.6) is 5.75 Å². The first-order chi connectivity index (χ1) is 8.56. The van der Waals surface area contributed by atoms with Crippen molar-refractivity contribution in [3.63, 3.8) is 0 Å². The van der Waals surface area contributed by atoms with E-state index in [0.717, 1.165) is 0 Å². The van der Waals surface area contributed by atoms with Gasteiger partial charge in [0.25, 0.3) is 0 Å². The van der Waals surface area contributed by atoms with Gasteiger partial charge >= 0.3 is 12.5 Å². The van der Waals surface area contributed by atoms with Gasteiger partial charge in [0, 0.05) is 5.56 Å². The van der Waals surface area contributed by atoms with E-state index in [9.17, 15) is 26.3 Å². The summed E-state index contributed by atoms with van der Waals surface area (Å²) in [4.78, 5) is 3.37. The van der Waals surface area contributed by atoms with Gasteiger partial charge in [-0.05, 0) is 22.6 Å². The molecular weight excluding hydrogens is 393 g/mol. The van der Waals surface area contributed by atoms with E-state index in [1.165, 1.54) is 28.7 Å². The topological polar surface area (TPSA) is 45.9 Å². The maximum absolute atomic E-state index is 12.8. The second-order valence-corrected chi connectivity index (χ2v) is 4.17. The minimum Gasteiger partial charge on any atom is -0.403 e. The lowest BCUT2D eigenvalue weighted by Gasteiger charge is -2.18. The zero-order valence-corrected chi connectivity index (χ0v) is 10.9. The van der Waals surface area contributed by atoms with Crippen LogP contribution in [0.1, 0.15) is 11.1 Å². The Morgan fingerprint density at radius 2 is 1.84 bits per heavy atom. The summed E-state index contributed by atoms with van der Waals surface area (Å²) in [6.07, 6.45) is -10.8. The molecule has 1 aromatic heterocycles. The highest BCUT2D eigenvalue weighted by Gasteiger charge is 2.42. The van der Waals surface area contributed by atoms with Crippen molar-refractivity contribution in [3.8, 4) is 11.8 Å². The molecule has 0 unspecified atom stereocenters. The van der Waals surface area contributed by atoms with Crippen molar-refractivity contribution in [2.45, 2.75) is 19.0 Å². The summed E-state index contributed by atoms with van der Waals surface area (Å²) >= 11 is 1.40. The number of pyridine rings is 1. The highest BCUT2D eigenvalue weighted by Crippen LogP contribution is 2.41. The summed E-state index contributed by atoms with van der Waals surface area (Å²) in [5, 5.41) is 8.45. The molecule has 0 aliphatic rings. The Kier molecular flexibility index (Phi) is 4.49. The van der Waals surface area contributed by atoms with Crippen LogP contribution in [-0.2, 0) is 12.6 Å². The first-order valence-corrected chi connectivity index (χ1v) is 5.51. The molecule has 104 valence electrons. The third kappa shape index (κ3) is 4.12. The number of hydrogen-bond donors (Lipinski definition) is 0. The summed E-state index contributed by atoms with van der Waals surface area (Å²) in [7, 11) is 0. The maximum atomic E-state index is 12.8. The van der Waals surface area contributed by atoms with Crippen LogP contribution >= 0.6 is 22.6 Å². The van der Waals surface area contributed by atoms with E-state index in [0.29, 0.717) is 6.20 Å². The van der Waals surface area contributed by atoms with Crippen LogP contribution in [0.2, 0.25) is 0 Å². The van der Waals surface area contributed by atoms with Gasteiger partial charge in [0.1, 0.15) is 9.26 Å². The Morgan fingerprint density at radius 3 is 2.26 bits per heavy atom. The van der Waals surface area contributed by atoms with Gasteiger partial charge in [-0.1, -0.05) is 0 Å². The molecule has 1 aromatic rings. The third-order valence-corrected chi connectivity index (χ3v) is 2.79. The van der Waals surface area contributed by atoms with Gasteiger partial charge in [0.2, 0.25) is 0 Å². The molecule has 1 heterocycles. The van der Waals surface area contributed by atoms with Crippen LogP contribution in [0, 0.1) is 15.0 Å². The highest BCUT2D eigenvalue weighted by atomic mass is 127.